The van der Waals surface area contributed by atoms with E-state index in [-0.39, 0.29) is 17.7 Å². The van der Waals surface area contributed by atoms with E-state index in [0.29, 0.717) is 24.3 Å². The van der Waals surface area contributed by atoms with Crippen molar-refractivity contribution in [1.29, 1.82) is 0 Å². The minimum absolute atomic E-state index is 0.0511. The monoisotopic (exact) mass is 351 g/mol. The lowest BCUT2D eigenvalue weighted by atomic mass is 9.62. The van der Waals surface area contributed by atoms with Crippen LogP contribution in [-0.2, 0) is 4.79 Å². The Kier molecular flexibility index (Phi) is 2.15. The van der Waals surface area contributed by atoms with Crippen LogP contribution in [0.25, 0.3) is 0 Å². The highest BCUT2D eigenvalue weighted by Crippen LogP contribution is 2.70. The average molecular weight is 351 g/mol. The highest BCUT2D eigenvalue weighted by Gasteiger charge is 2.77. The molecular weight excluding hydrogens is 328 g/mol. The molecule has 7 rings (SSSR count). The quantitative estimate of drug-likeness (QED) is 0.533. The molecule has 5 atom stereocenters. The molecule has 1 unspecified atom stereocenters. The van der Waals surface area contributed by atoms with Gasteiger partial charge in [0.05, 0.1) is 31.2 Å². The third kappa shape index (κ3) is 1.25. The number of anilines is 1. The number of hydrogen-bond acceptors (Lipinski definition) is 3. The maximum absolute atomic E-state index is 13.4. The molecule has 26 heavy (non-hydrogen) atoms. The van der Waals surface area contributed by atoms with Crippen LogP contribution in [0.5, 0.6) is 11.5 Å². The van der Waals surface area contributed by atoms with E-state index in [1.54, 1.807) is 0 Å². The first-order valence-corrected chi connectivity index (χ1v) is 9.86. The number of fused-ring (bicyclic) bond motifs is 4. The van der Waals surface area contributed by atoms with Crippen molar-refractivity contribution in [3.8, 4) is 11.5 Å². The summed E-state index contributed by atoms with van der Waals surface area (Å²) in [5.41, 5.74) is 2.44. The molecule has 2 bridgehead atoms. The van der Waals surface area contributed by atoms with Gasteiger partial charge < -0.3 is 14.0 Å². The molecule has 0 N–H and O–H groups in total. The Morgan fingerprint density at radius 3 is 2.96 bits per heavy atom. The van der Waals surface area contributed by atoms with Crippen molar-refractivity contribution in [2.45, 2.75) is 43.2 Å². The van der Waals surface area contributed by atoms with Gasteiger partial charge in [-0.1, -0.05) is 6.08 Å². The molecule has 1 aromatic rings. The molecule has 0 aromatic heterocycles. The second-order valence-corrected chi connectivity index (χ2v) is 9.43. The molecular formula is C21H23N2O3+. The van der Waals surface area contributed by atoms with Crippen LogP contribution in [0.15, 0.2) is 24.3 Å². The number of benzene rings is 1. The molecule has 1 spiro atoms. The van der Waals surface area contributed by atoms with E-state index in [9.17, 15) is 4.79 Å². The summed E-state index contributed by atoms with van der Waals surface area (Å²) in [5, 5.41) is 0. The number of quaternary nitrogens is 1. The molecule has 1 aromatic carbocycles. The van der Waals surface area contributed by atoms with Crippen LogP contribution in [0, 0.1) is 5.41 Å². The van der Waals surface area contributed by atoms with Crippen LogP contribution >= 0.6 is 0 Å². The summed E-state index contributed by atoms with van der Waals surface area (Å²) in [6, 6.07) is 4.77. The number of likely N-dealkylation sites (N-methyl/N-ethyl adjacent to an activating group) is 1. The zero-order valence-corrected chi connectivity index (χ0v) is 15.0. The first-order valence-electron chi connectivity index (χ1n) is 9.86. The summed E-state index contributed by atoms with van der Waals surface area (Å²) in [7, 11) is 2.43. The fraction of sp³-hybridized carbons (Fsp3) is 0.571. The van der Waals surface area contributed by atoms with Crippen molar-refractivity contribution >= 4 is 11.6 Å². The van der Waals surface area contributed by atoms with Crippen LogP contribution in [0.3, 0.4) is 0 Å². The van der Waals surface area contributed by atoms with Crippen LogP contribution in [0.4, 0.5) is 5.69 Å². The normalized spacial score (nSPS) is 45.7. The molecule has 2 saturated heterocycles. The number of carbonyl (C=O) groups excluding carboxylic acids is 1. The zero-order chi connectivity index (χ0) is 17.3. The van der Waals surface area contributed by atoms with Crippen molar-refractivity contribution in [3.63, 3.8) is 0 Å². The highest BCUT2D eigenvalue weighted by atomic mass is 16.7. The van der Waals surface area contributed by atoms with Gasteiger partial charge in [0.1, 0.15) is 11.6 Å². The number of ether oxygens (including phenoxy) is 2. The second kappa shape index (κ2) is 3.96. The summed E-state index contributed by atoms with van der Waals surface area (Å²) >= 11 is 0. The third-order valence-corrected chi connectivity index (χ3v) is 8.42. The predicted molar refractivity (Wildman–Crippen MR) is 95.3 cm³/mol. The van der Waals surface area contributed by atoms with Crippen LogP contribution < -0.4 is 14.4 Å². The van der Waals surface area contributed by atoms with E-state index in [1.807, 2.05) is 0 Å². The van der Waals surface area contributed by atoms with Gasteiger partial charge in [0, 0.05) is 24.8 Å². The second-order valence-electron chi connectivity index (χ2n) is 9.43. The number of piperidine rings is 2. The van der Waals surface area contributed by atoms with Gasteiger partial charge in [0.25, 0.3) is 0 Å². The van der Waals surface area contributed by atoms with E-state index in [0.717, 1.165) is 47.5 Å². The van der Waals surface area contributed by atoms with E-state index < -0.39 is 0 Å². The van der Waals surface area contributed by atoms with Gasteiger partial charge in [0.15, 0.2) is 11.5 Å². The van der Waals surface area contributed by atoms with Gasteiger partial charge in [0.2, 0.25) is 12.7 Å². The van der Waals surface area contributed by atoms with Crippen LogP contribution in [0.2, 0.25) is 0 Å². The lowest BCUT2D eigenvalue weighted by molar-refractivity contribution is -0.944. The molecule has 134 valence electrons. The topological polar surface area (TPSA) is 38.8 Å². The molecule has 5 aliphatic heterocycles. The van der Waals surface area contributed by atoms with Crippen molar-refractivity contribution < 1.29 is 18.8 Å². The first kappa shape index (κ1) is 14.1. The summed E-state index contributed by atoms with van der Waals surface area (Å²) in [5.74, 6) is 2.38. The Balaban J connectivity index is 1.53. The Morgan fingerprint density at radius 2 is 2.08 bits per heavy atom. The van der Waals surface area contributed by atoms with Crippen molar-refractivity contribution in [1.82, 2.24) is 0 Å². The molecule has 5 heterocycles. The maximum Gasteiger partial charge on any atom is 0.231 e. The Hall–Kier alpha value is -2.01. The van der Waals surface area contributed by atoms with Gasteiger partial charge in [-0.2, -0.15) is 0 Å². The third-order valence-electron chi connectivity index (χ3n) is 8.42. The molecule has 5 nitrogen and oxygen atoms in total. The average Bonchev–Trinajstić information content (AvgIpc) is 3.24. The molecule has 3 fully saturated rings. The van der Waals surface area contributed by atoms with E-state index >= 15 is 0 Å². The van der Waals surface area contributed by atoms with Gasteiger partial charge in [-0.05, 0) is 30.5 Å². The smallest absolute Gasteiger partial charge is 0.231 e. The van der Waals surface area contributed by atoms with Crippen molar-refractivity contribution in [2.24, 2.45) is 5.41 Å². The highest BCUT2D eigenvalue weighted by molar-refractivity contribution is 6.01. The maximum atomic E-state index is 13.4. The zero-order valence-electron chi connectivity index (χ0n) is 15.0. The van der Waals surface area contributed by atoms with Gasteiger partial charge >= 0.3 is 0 Å². The predicted octanol–water partition coefficient (Wildman–Crippen LogP) is 2.56. The summed E-state index contributed by atoms with van der Waals surface area (Å²) < 4.78 is 12.4. The number of amides is 1. The van der Waals surface area contributed by atoms with Crippen molar-refractivity contribution in [3.05, 3.63) is 29.8 Å². The fourth-order valence-electron chi connectivity index (χ4n) is 7.86. The standard InChI is InChI=1S/C21H23N2O3/c1-23-7-2-4-20-5-6-21(19(20)23)14(3-8-23)13-9-16-17(26-12-25-16)10-15(13)22(21)18(24)11-20/h2,4,9-10,14,19H,3,5-8,11-12H2,1H3/q+1/t14-,19-,20-,21+,23?/m0/s1. The fourth-order valence-corrected chi connectivity index (χ4v) is 7.86. The molecule has 1 saturated carbocycles. The van der Waals surface area contributed by atoms with Gasteiger partial charge in [-0.3, -0.25) is 9.69 Å². The SMILES string of the molecule is C[N+]12CC=C[C@]34CC[C@@]5([C@@H](CC1)c1cc6c(cc1N5C(=O)C3)OCO6)[C@H]42. The van der Waals surface area contributed by atoms with E-state index in [2.05, 4.69) is 36.2 Å². The Labute approximate surface area is 152 Å². The van der Waals surface area contributed by atoms with Crippen molar-refractivity contribution in [2.75, 3.05) is 31.8 Å². The Bertz CT molecular complexity index is 926. The number of rotatable bonds is 0. The van der Waals surface area contributed by atoms with Crippen LogP contribution in [-0.4, -0.2) is 48.9 Å². The first-order chi connectivity index (χ1) is 12.6. The number of hydrogen-bond donors (Lipinski definition) is 0. The van der Waals surface area contributed by atoms with E-state index in [1.165, 1.54) is 12.1 Å². The lowest BCUT2D eigenvalue weighted by Gasteiger charge is -2.62. The molecule has 5 heteroatoms. The summed E-state index contributed by atoms with van der Waals surface area (Å²) in [6.07, 6.45) is 8.84. The summed E-state index contributed by atoms with van der Waals surface area (Å²) in [4.78, 5) is 15.7. The van der Waals surface area contributed by atoms with E-state index in [4.69, 9.17) is 9.47 Å². The largest absolute Gasteiger partial charge is 0.454 e. The molecule has 0 radical (unpaired) electrons. The van der Waals surface area contributed by atoms with Crippen LogP contribution in [0.1, 0.15) is 37.2 Å². The van der Waals surface area contributed by atoms with Gasteiger partial charge in [-0.15, -0.1) is 0 Å². The molecule has 1 amide bonds. The Morgan fingerprint density at radius 1 is 1.23 bits per heavy atom. The number of carbonyl (C=O) groups is 1. The molecule has 6 aliphatic rings. The summed E-state index contributed by atoms with van der Waals surface area (Å²) in [6.45, 7) is 2.58. The minimum Gasteiger partial charge on any atom is -0.454 e. The lowest BCUT2D eigenvalue weighted by Crippen LogP contribution is -2.77. The number of nitrogens with zero attached hydrogens (tertiary/aromatic N) is 2. The van der Waals surface area contributed by atoms with Gasteiger partial charge in [-0.25, -0.2) is 0 Å². The molecule has 1 aliphatic carbocycles. The minimum atomic E-state index is -0.0511.